The molecule has 2 N–H and O–H groups in total. The molecule has 1 aromatic heterocycles. The van der Waals surface area contributed by atoms with Gasteiger partial charge in [0.05, 0.1) is 41.1 Å². The van der Waals surface area contributed by atoms with Gasteiger partial charge in [-0.3, -0.25) is 4.79 Å². The summed E-state index contributed by atoms with van der Waals surface area (Å²) in [5.41, 5.74) is -0.515. The number of fused-ring (bicyclic) bond motifs is 1. The number of rotatable bonds is 6. The van der Waals surface area contributed by atoms with Crippen molar-refractivity contribution in [3.05, 3.63) is 28.4 Å². The zero-order valence-corrected chi connectivity index (χ0v) is 16.5. The molecule has 0 aliphatic heterocycles. The highest BCUT2D eigenvalue weighted by atomic mass is 16.5. The predicted octanol–water partition coefficient (Wildman–Crippen LogP) is 2.91. The summed E-state index contributed by atoms with van der Waals surface area (Å²) in [7, 11) is 6.85. The van der Waals surface area contributed by atoms with E-state index in [0.717, 1.165) is 0 Å². The Balaban J connectivity index is 2.42. The SMILES string of the molecule is COc1cc(O)c(-c2oc3cc(OC)c(OC)c(O)c3c(=O)c2OC)cc1OC. The molecular formula is C20H20O9. The quantitative estimate of drug-likeness (QED) is 0.639. The first kappa shape index (κ1) is 20.0. The minimum atomic E-state index is -0.656. The molecule has 3 aromatic rings. The van der Waals surface area contributed by atoms with Crippen molar-refractivity contribution in [2.45, 2.75) is 0 Å². The fourth-order valence-corrected chi connectivity index (χ4v) is 3.04. The average molecular weight is 404 g/mol. The molecule has 0 radical (unpaired) electrons. The fraction of sp³-hybridized carbons (Fsp3) is 0.250. The van der Waals surface area contributed by atoms with Gasteiger partial charge in [-0.05, 0) is 6.07 Å². The molecule has 0 bridgehead atoms. The highest BCUT2D eigenvalue weighted by Gasteiger charge is 2.26. The second-order valence-corrected chi connectivity index (χ2v) is 5.85. The molecule has 0 saturated carbocycles. The highest BCUT2D eigenvalue weighted by molar-refractivity contribution is 5.92. The van der Waals surface area contributed by atoms with E-state index in [-0.39, 0.29) is 45.3 Å². The highest BCUT2D eigenvalue weighted by Crippen LogP contribution is 2.46. The van der Waals surface area contributed by atoms with Crippen LogP contribution in [0, 0.1) is 0 Å². The van der Waals surface area contributed by atoms with Gasteiger partial charge in [-0.25, -0.2) is 0 Å². The maximum atomic E-state index is 13.1. The Bertz CT molecular complexity index is 1130. The number of hydrogen-bond acceptors (Lipinski definition) is 9. The van der Waals surface area contributed by atoms with Crippen molar-refractivity contribution in [1.29, 1.82) is 0 Å². The molecule has 0 fully saturated rings. The van der Waals surface area contributed by atoms with Crippen molar-refractivity contribution in [2.75, 3.05) is 35.5 Å². The van der Waals surface area contributed by atoms with E-state index in [4.69, 9.17) is 28.1 Å². The average Bonchev–Trinajstić information content (AvgIpc) is 2.72. The summed E-state index contributed by atoms with van der Waals surface area (Å²) in [4.78, 5) is 13.1. The van der Waals surface area contributed by atoms with Gasteiger partial charge < -0.3 is 38.3 Å². The molecule has 1 heterocycles. The lowest BCUT2D eigenvalue weighted by atomic mass is 10.1. The van der Waals surface area contributed by atoms with E-state index >= 15 is 0 Å². The van der Waals surface area contributed by atoms with Crippen LogP contribution in [-0.4, -0.2) is 45.8 Å². The third-order valence-corrected chi connectivity index (χ3v) is 4.41. The molecule has 0 spiro atoms. The van der Waals surface area contributed by atoms with E-state index in [1.807, 2.05) is 0 Å². The zero-order chi connectivity index (χ0) is 21.3. The predicted molar refractivity (Wildman–Crippen MR) is 104 cm³/mol. The van der Waals surface area contributed by atoms with Crippen molar-refractivity contribution in [2.24, 2.45) is 0 Å². The molecular weight excluding hydrogens is 384 g/mol. The van der Waals surface area contributed by atoms with Crippen molar-refractivity contribution < 1.29 is 38.3 Å². The van der Waals surface area contributed by atoms with Gasteiger partial charge in [0.15, 0.2) is 28.8 Å². The summed E-state index contributed by atoms with van der Waals surface area (Å²) >= 11 is 0. The second-order valence-electron chi connectivity index (χ2n) is 5.85. The summed E-state index contributed by atoms with van der Waals surface area (Å²) in [6.45, 7) is 0. The topological polar surface area (TPSA) is 117 Å². The Morgan fingerprint density at radius 1 is 0.759 bits per heavy atom. The summed E-state index contributed by atoms with van der Waals surface area (Å²) in [6, 6.07) is 4.17. The van der Waals surface area contributed by atoms with E-state index in [0.29, 0.717) is 11.5 Å². The van der Waals surface area contributed by atoms with Crippen LogP contribution >= 0.6 is 0 Å². The van der Waals surface area contributed by atoms with E-state index in [1.165, 1.54) is 53.7 Å². The Morgan fingerprint density at radius 3 is 1.90 bits per heavy atom. The molecule has 3 rings (SSSR count). The van der Waals surface area contributed by atoms with Gasteiger partial charge in [-0.1, -0.05) is 0 Å². The molecule has 2 aromatic carbocycles. The van der Waals surface area contributed by atoms with Crippen LogP contribution in [0.1, 0.15) is 0 Å². The Kier molecular flexibility index (Phi) is 5.31. The molecule has 9 heteroatoms. The van der Waals surface area contributed by atoms with Crippen molar-refractivity contribution in [3.8, 4) is 51.6 Å². The lowest BCUT2D eigenvalue weighted by Gasteiger charge is -2.15. The number of aromatic hydroxyl groups is 2. The van der Waals surface area contributed by atoms with Crippen LogP contribution in [0.2, 0.25) is 0 Å². The third-order valence-electron chi connectivity index (χ3n) is 4.41. The van der Waals surface area contributed by atoms with Crippen LogP contribution in [0.25, 0.3) is 22.3 Å². The third kappa shape index (κ3) is 3.10. The Labute approximate surface area is 165 Å². The number of benzene rings is 2. The van der Waals surface area contributed by atoms with Gasteiger partial charge in [-0.2, -0.15) is 0 Å². The Hall–Kier alpha value is -3.75. The fourth-order valence-electron chi connectivity index (χ4n) is 3.04. The molecule has 0 aliphatic carbocycles. The van der Waals surface area contributed by atoms with Gasteiger partial charge in [-0.15, -0.1) is 0 Å². The van der Waals surface area contributed by atoms with E-state index in [2.05, 4.69) is 0 Å². The number of hydrogen-bond donors (Lipinski definition) is 2. The van der Waals surface area contributed by atoms with Gasteiger partial charge in [0, 0.05) is 12.1 Å². The van der Waals surface area contributed by atoms with Crippen LogP contribution in [0.5, 0.6) is 40.2 Å². The van der Waals surface area contributed by atoms with Crippen LogP contribution in [0.15, 0.2) is 27.4 Å². The van der Waals surface area contributed by atoms with Crippen LogP contribution in [0.3, 0.4) is 0 Å². The monoisotopic (exact) mass is 404 g/mol. The molecule has 0 amide bonds. The minimum absolute atomic E-state index is 0.00938. The van der Waals surface area contributed by atoms with Gasteiger partial charge in [0.2, 0.25) is 16.9 Å². The van der Waals surface area contributed by atoms with E-state index in [1.54, 1.807) is 0 Å². The number of phenolic OH excluding ortho intramolecular Hbond substituents is 2. The molecule has 0 unspecified atom stereocenters. The summed E-state index contributed by atoms with van der Waals surface area (Å²) < 4.78 is 31.8. The minimum Gasteiger partial charge on any atom is -0.507 e. The number of methoxy groups -OCH3 is 5. The Morgan fingerprint density at radius 2 is 1.34 bits per heavy atom. The second kappa shape index (κ2) is 7.70. The zero-order valence-electron chi connectivity index (χ0n) is 16.5. The molecule has 0 saturated heterocycles. The smallest absolute Gasteiger partial charge is 0.239 e. The summed E-state index contributed by atoms with van der Waals surface area (Å²) in [6.07, 6.45) is 0. The van der Waals surface area contributed by atoms with Crippen molar-refractivity contribution in [1.82, 2.24) is 0 Å². The first-order valence-corrected chi connectivity index (χ1v) is 8.35. The number of phenols is 2. The maximum absolute atomic E-state index is 13.1. The van der Waals surface area contributed by atoms with Gasteiger partial charge in [0.1, 0.15) is 16.7 Å². The molecule has 0 atom stereocenters. The maximum Gasteiger partial charge on any atom is 0.239 e. The lowest BCUT2D eigenvalue weighted by molar-refractivity contribution is 0.334. The van der Waals surface area contributed by atoms with Crippen LogP contribution in [0.4, 0.5) is 0 Å². The van der Waals surface area contributed by atoms with Crippen molar-refractivity contribution in [3.63, 3.8) is 0 Å². The van der Waals surface area contributed by atoms with Crippen LogP contribution in [-0.2, 0) is 0 Å². The first-order valence-electron chi connectivity index (χ1n) is 8.35. The van der Waals surface area contributed by atoms with Crippen molar-refractivity contribution >= 4 is 11.0 Å². The number of ether oxygens (including phenoxy) is 5. The lowest BCUT2D eigenvalue weighted by Crippen LogP contribution is -2.09. The summed E-state index contributed by atoms with van der Waals surface area (Å²) in [5, 5.41) is 20.8. The van der Waals surface area contributed by atoms with Gasteiger partial charge in [0.25, 0.3) is 0 Å². The standard InChI is InChI=1S/C20H20O9/c1-24-11-6-9(10(21)7-12(11)25-2)18-20(28-5)17(23)15-13(29-18)8-14(26-3)19(27-4)16(15)22/h6-8,21-22H,1-5H3. The molecule has 29 heavy (non-hydrogen) atoms. The van der Waals surface area contributed by atoms with Crippen LogP contribution < -0.4 is 29.1 Å². The largest absolute Gasteiger partial charge is 0.507 e. The molecule has 9 nitrogen and oxygen atoms in total. The van der Waals surface area contributed by atoms with E-state index < -0.39 is 11.2 Å². The first-order chi connectivity index (χ1) is 13.9. The normalized spacial score (nSPS) is 10.7. The molecule has 0 aliphatic rings. The van der Waals surface area contributed by atoms with E-state index in [9.17, 15) is 15.0 Å². The van der Waals surface area contributed by atoms with Gasteiger partial charge >= 0.3 is 0 Å². The summed E-state index contributed by atoms with van der Waals surface area (Å²) in [5.74, 6) is -0.215. The molecule has 154 valence electrons.